The van der Waals surface area contributed by atoms with Crippen LogP contribution in [0.15, 0.2) is 46.1 Å². The number of unbranched alkanes of at least 4 members (excludes halogenated alkanes) is 1. The molecule has 1 N–H and O–H groups in total. The van der Waals surface area contributed by atoms with Gasteiger partial charge in [-0.05, 0) is 24.2 Å². The van der Waals surface area contributed by atoms with Crippen molar-refractivity contribution in [3.05, 3.63) is 52.3 Å². The lowest BCUT2D eigenvalue weighted by Gasteiger charge is -2.25. The van der Waals surface area contributed by atoms with E-state index in [0.29, 0.717) is 0 Å². The minimum absolute atomic E-state index is 0.223. The smallest absolute Gasteiger partial charge is 0.216 e. The maximum absolute atomic E-state index is 4.42. The normalized spacial score (nSPS) is 19.0. The van der Waals surface area contributed by atoms with E-state index in [4.69, 9.17) is 0 Å². The first-order chi connectivity index (χ1) is 11.9. The summed E-state index contributed by atoms with van der Waals surface area (Å²) < 4.78 is 2.22. The van der Waals surface area contributed by atoms with Gasteiger partial charge < -0.3 is 4.98 Å². The molecule has 5 rings (SSSR count). The Morgan fingerprint density at radius 2 is 2.17 bits per heavy atom. The molecule has 3 aromatic rings. The molecule has 0 radical (unpaired) electrons. The van der Waals surface area contributed by atoms with Crippen LogP contribution in [0.5, 0.6) is 0 Å². The first kappa shape index (κ1) is 14.5. The van der Waals surface area contributed by atoms with Crippen molar-refractivity contribution in [2.45, 2.75) is 36.7 Å². The topological polar surface area (TPSA) is 49.7 Å². The van der Waals surface area contributed by atoms with Gasteiger partial charge in [-0.25, -0.2) is 4.68 Å². The Labute approximate surface area is 148 Å². The monoisotopic (exact) mass is 355 g/mol. The van der Waals surface area contributed by atoms with Crippen LogP contribution in [0, 0.1) is 0 Å². The van der Waals surface area contributed by atoms with Crippen LogP contribution in [0.1, 0.15) is 36.5 Å². The molecule has 0 saturated heterocycles. The first-order valence-corrected chi connectivity index (χ1v) is 9.96. The van der Waals surface area contributed by atoms with Crippen molar-refractivity contribution in [3.63, 3.8) is 0 Å². The number of aryl methyl sites for hydroxylation is 1. The molecule has 1 aromatic carbocycles. The number of hydrogen-bond donors (Lipinski definition) is 1. The van der Waals surface area contributed by atoms with Gasteiger partial charge in [-0.3, -0.25) is 5.01 Å². The first-order valence-electron chi connectivity index (χ1n) is 8.20. The fourth-order valence-corrected chi connectivity index (χ4v) is 5.56. The molecule has 4 heterocycles. The molecular formula is C17H17N5S2. The fraction of sp³-hybridized carbons (Fsp3) is 0.294. The highest BCUT2D eigenvalue weighted by molar-refractivity contribution is 8.07. The van der Waals surface area contributed by atoms with Gasteiger partial charge in [0.2, 0.25) is 5.16 Å². The molecule has 122 valence electrons. The summed E-state index contributed by atoms with van der Waals surface area (Å²) in [6.45, 7) is 2.21. The van der Waals surface area contributed by atoms with Gasteiger partial charge >= 0.3 is 0 Å². The molecule has 0 spiro atoms. The van der Waals surface area contributed by atoms with E-state index in [9.17, 15) is 0 Å². The Morgan fingerprint density at radius 1 is 1.25 bits per heavy atom. The van der Waals surface area contributed by atoms with E-state index in [1.54, 1.807) is 11.8 Å². The Hall–Kier alpha value is -1.86. The molecule has 0 saturated carbocycles. The van der Waals surface area contributed by atoms with Crippen molar-refractivity contribution < 1.29 is 0 Å². The zero-order chi connectivity index (χ0) is 16.1. The van der Waals surface area contributed by atoms with Crippen LogP contribution in [0.3, 0.4) is 0 Å². The van der Waals surface area contributed by atoms with Crippen LogP contribution < -0.4 is 5.01 Å². The third kappa shape index (κ3) is 2.04. The van der Waals surface area contributed by atoms with Gasteiger partial charge in [0.15, 0.2) is 5.82 Å². The molecule has 2 aromatic heterocycles. The van der Waals surface area contributed by atoms with E-state index >= 15 is 0 Å². The summed E-state index contributed by atoms with van der Waals surface area (Å²) in [5, 5.41) is 17.1. The van der Waals surface area contributed by atoms with E-state index in [2.05, 4.69) is 67.7 Å². The summed E-state index contributed by atoms with van der Waals surface area (Å²) in [6.07, 6.45) is 5.41. The average Bonchev–Trinajstić information content (AvgIpc) is 3.33. The molecule has 0 bridgehead atoms. The molecule has 0 fully saturated rings. The van der Waals surface area contributed by atoms with Gasteiger partial charge in [0.25, 0.3) is 0 Å². The van der Waals surface area contributed by atoms with E-state index < -0.39 is 0 Å². The molecule has 5 nitrogen and oxygen atoms in total. The summed E-state index contributed by atoms with van der Waals surface area (Å²) in [5.74, 6) is 1.06. The SMILES string of the molecule is CCCCc1nnc2n1N1C(=CS[C@H]1c1c[nH]c3ccccc13)S2. The van der Waals surface area contributed by atoms with Gasteiger partial charge in [-0.2, -0.15) is 0 Å². The van der Waals surface area contributed by atoms with Crippen LogP contribution in [-0.2, 0) is 6.42 Å². The lowest BCUT2D eigenvalue weighted by Crippen LogP contribution is -2.30. The number of fused-ring (bicyclic) bond motifs is 4. The van der Waals surface area contributed by atoms with Crippen LogP contribution >= 0.6 is 23.5 Å². The highest BCUT2D eigenvalue weighted by Gasteiger charge is 2.40. The highest BCUT2D eigenvalue weighted by atomic mass is 32.2. The largest absolute Gasteiger partial charge is 0.361 e. The summed E-state index contributed by atoms with van der Waals surface area (Å²) >= 11 is 3.57. The number of thioether (sulfide) groups is 2. The minimum atomic E-state index is 0.223. The maximum Gasteiger partial charge on any atom is 0.216 e. The molecule has 2 aliphatic heterocycles. The van der Waals surface area contributed by atoms with Crippen molar-refractivity contribution in [2.24, 2.45) is 0 Å². The number of nitrogens with zero attached hydrogens (tertiary/aromatic N) is 4. The second-order valence-electron chi connectivity index (χ2n) is 5.99. The quantitative estimate of drug-likeness (QED) is 0.752. The zero-order valence-corrected chi connectivity index (χ0v) is 14.9. The van der Waals surface area contributed by atoms with Gasteiger partial charge in [0.05, 0.1) is 0 Å². The highest BCUT2D eigenvalue weighted by Crippen LogP contribution is 2.52. The van der Waals surface area contributed by atoms with Crippen LogP contribution in [0.4, 0.5) is 0 Å². The molecule has 0 aliphatic carbocycles. The van der Waals surface area contributed by atoms with E-state index in [0.717, 1.165) is 23.8 Å². The van der Waals surface area contributed by atoms with Crippen molar-refractivity contribution in [1.82, 2.24) is 19.9 Å². The zero-order valence-electron chi connectivity index (χ0n) is 13.3. The lowest BCUT2D eigenvalue weighted by molar-refractivity contribution is 0.592. The Bertz CT molecular complexity index is 942. The summed E-state index contributed by atoms with van der Waals surface area (Å²) in [7, 11) is 0. The molecule has 24 heavy (non-hydrogen) atoms. The summed E-state index contributed by atoms with van der Waals surface area (Å²) in [6, 6.07) is 8.49. The predicted octanol–water partition coefficient (Wildman–Crippen LogP) is 4.39. The molecule has 7 heteroatoms. The average molecular weight is 355 g/mol. The maximum atomic E-state index is 4.42. The molecule has 0 amide bonds. The van der Waals surface area contributed by atoms with Gasteiger partial charge in [0, 0.05) is 34.5 Å². The van der Waals surface area contributed by atoms with Crippen molar-refractivity contribution in [3.8, 4) is 0 Å². The third-order valence-electron chi connectivity index (χ3n) is 4.47. The van der Waals surface area contributed by atoms with Crippen LogP contribution in [0.25, 0.3) is 10.9 Å². The Morgan fingerprint density at radius 3 is 3.08 bits per heavy atom. The lowest BCUT2D eigenvalue weighted by atomic mass is 10.2. The van der Waals surface area contributed by atoms with Gasteiger partial charge in [0.1, 0.15) is 10.4 Å². The third-order valence-corrected chi connectivity index (χ3v) is 6.65. The van der Waals surface area contributed by atoms with E-state index in [-0.39, 0.29) is 5.37 Å². The number of para-hydroxylation sites is 1. The number of hydrogen-bond acceptors (Lipinski definition) is 5. The number of aromatic nitrogens is 4. The molecule has 0 unspecified atom stereocenters. The van der Waals surface area contributed by atoms with Crippen LogP contribution in [-0.4, -0.2) is 19.9 Å². The predicted molar refractivity (Wildman–Crippen MR) is 99.4 cm³/mol. The standard InChI is InChI=1S/C17H17N5S2/c1-2-3-8-14-19-20-17-21(14)22-15(24-17)10-23-16(22)12-9-18-13-7-5-4-6-11(12)13/h4-7,9-10,16,18H,2-3,8H2,1H3/t16-/m0/s1. The van der Waals surface area contributed by atoms with Gasteiger partial charge in [-0.15, -0.1) is 10.2 Å². The van der Waals surface area contributed by atoms with Crippen molar-refractivity contribution in [2.75, 3.05) is 5.01 Å². The van der Waals surface area contributed by atoms with Gasteiger partial charge in [-0.1, -0.05) is 43.3 Å². The van der Waals surface area contributed by atoms with E-state index in [1.807, 2.05) is 11.8 Å². The number of rotatable bonds is 4. The Kier molecular flexibility index (Phi) is 3.38. The second kappa shape index (κ2) is 5.60. The minimum Gasteiger partial charge on any atom is -0.361 e. The number of nitrogens with one attached hydrogen (secondary N) is 1. The Balaban J connectivity index is 1.57. The number of benzene rings is 1. The number of H-pyrrole nitrogens is 1. The second-order valence-corrected chi connectivity index (χ2v) is 7.94. The molecular weight excluding hydrogens is 338 g/mol. The van der Waals surface area contributed by atoms with E-state index in [1.165, 1.54) is 27.9 Å². The van der Waals surface area contributed by atoms with Crippen molar-refractivity contribution in [1.29, 1.82) is 0 Å². The number of aromatic amines is 1. The molecule has 1 atom stereocenters. The molecule has 2 aliphatic rings. The van der Waals surface area contributed by atoms with Crippen LogP contribution in [0.2, 0.25) is 0 Å². The summed E-state index contributed by atoms with van der Waals surface area (Å²) in [4.78, 5) is 3.40. The fourth-order valence-electron chi connectivity index (χ4n) is 3.29. The summed E-state index contributed by atoms with van der Waals surface area (Å²) in [5.41, 5.74) is 2.49. The van der Waals surface area contributed by atoms with Crippen molar-refractivity contribution >= 4 is 34.4 Å².